The molecule has 0 spiro atoms. The van der Waals surface area contributed by atoms with Crippen molar-refractivity contribution >= 4 is 21.9 Å². The van der Waals surface area contributed by atoms with E-state index in [2.05, 4.69) is 15.9 Å². The smallest absolute Gasteiger partial charge is 0.336 e. The molecule has 1 N–H and O–H groups in total. The van der Waals surface area contributed by atoms with Gasteiger partial charge in [-0.25, -0.2) is 4.79 Å². The third kappa shape index (κ3) is 1.30. The van der Waals surface area contributed by atoms with Crippen LogP contribution in [0.15, 0.2) is 10.5 Å². The number of carbonyl (C=O) groups is 1. The Kier molecular flexibility index (Phi) is 2.23. The molecule has 1 heterocycles. The van der Waals surface area contributed by atoms with Gasteiger partial charge in [0.15, 0.2) is 0 Å². The summed E-state index contributed by atoms with van der Waals surface area (Å²) < 4.78 is 6.20. The summed E-state index contributed by atoms with van der Waals surface area (Å²) in [5.41, 5.74) is 2.13. The maximum atomic E-state index is 10.9. The van der Waals surface area contributed by atoms with Gasteiger partial charge >= 0.3 is 5.97 Å². The Morgan fingerprint density at radius 3 is 3.00 bits per heavy atom. The molecule has 1 aromatic rings. The van der Waals surface area contributed by atoms with E-state index in [-0.39, 0.29) is 0 Å². The maximum Gasteiger partial charge on any atom is 0.336 e. The number of ether oxygens (including phenoxy) is 1. The van der Waals surface area contributed by atoms with Crippen LogP contribution >= 0.6 is 15.9 Å². The molecular formula is C10H9BrO3. The van der Waals surface area contributed by atoms with Gasteiger partial charge in [-0.1, -0.05) is 15.9 Å². The van der Waals surface area contributed by atoms with Crippen LogP contribution in [0.5, 0.6) is 5.75 Å². The second-order valence-corrected chi connectivity index (χ2v) is 4.10. The molecule has 0 bridgehead atoms. The van der Waals surface area contributed by atoms with Gasteiger partial charge in [0, 0.05) is 22.0 Å². The predicted molar refractivity (Wildman–Crippen MR) is 55.0 cm³/mol. The Hall–Kier alpha value is -1.03. The largest absolute Gasteiger partial charge is 0.493 e. The highest BCUT2D eigenvalue weighted by Crippen LogP contribution is 2.36. The molecule has 0 saturated carbocycles. The van der Waals surface area contributed by atoms with E-state index < -0.39 is 5.97 Å². The van der Waals surface area contributed by atoms with E-state index in [1.807, 2.05) is 6.92 Å². The van der Waals surface area contributed by atoms with E-state index in [1.165, 1.54) is 0 Å². The summed E-state index contributed by atoms with van der Waals surface area (Å²) in [4.78, 5) is 10.9. The Bertz CT molecular complexity index is 412. The summed E-state index contributed by atoms with van der Waals surface area (Å²) in [6, 6.07) is 1.64. The van der Waals surface area contributed by atoms with Crippen LogP contribution in [0.2, 0.25) is 0 Å². The molecule has 0 aromatic heterocycles. The van der Waals surface area contributed by atoms with Crippen molar-refractivity contribution in [2.75, 3.05) is 6.61 Å². The van der Waals surface area contributed by atoms with Gasteiger partial charge < -0.3 is 9.84 Å². The first kappa shape index (κ1) is 9.52. The second kappa shape index (κ2) is 3.28. The van der Waals surface area contributed by atoms with E-state index >= 15 is 0 Å². The minimum atomic E-state index is -0.896. The van der Waals surface area contributed by atoms with Crippen LogP contribution in [-0.2, 0) is 6.42 Å². The van der Waals surface area contributed by atoms with Crippen molar-refractivity contribution in [1.29, 1.82) is 0 Å². The first-order valence-electron chi connectivity index (χ1n) is 4.29. The first-order chi connectivity index (χ1) is 6.61. The molecular weight excluding hydrogens is 248 g/mol. The maximum absolute atomic E-state index is 10.9. The Labute approximate surface area is 89.8 Å². The average molecular weight is 257 g/mol. The number of hydrogen-bond acceptors (Lipinski definition) is 2. The van der Waals surface area contributed by atoms with Crippen molar-refractivity contribution in [2.45, 2.75) is 13.3 Å². The highest BCUT2D eigenvalue weighted by Gasteiger charge is 2.23. The predicted octanol–water partition coefficient (Wildman–Crippen LogP) is 2.39. The Morgan fingerprint density at radius 1 is 1.64 bits per heavy atom. The lowest BCUT2D eigenvalue weighted by Gasteiger charge is -2.08. The summed E-state index contributed by atoms with van der Waals surface area (Å²) in [6.45, 7) is 2.49. The van der Waals surface area contributed by atoms with Gasteiger partial charge in [0.2, 0.25) is 0 Å². The van der Waals surface area contributed by atoms with Gasteiger partial charge in [0.1, 0.15) is 5.75 Å². The summed E-state index contributed by atoms with van der Waals surface area (Å²) in [5.74, 6) is -0.163. The third-order valence-electron chi connectivity index (χ3n) is 2.40. The number of fused-ring (bicyclic) bond motifs is 1. The number of rotatable bonds is 1. The zero-order valence-electron chi connectivity index (χ0n) is 7.63. The highest BCUT2D eigenvalue weighted by molar-refractivity contribution is 9.10. The fourth-order valence-corrected chi connectivity index (χ4v) is 2.08. The SMILES string of the molecule is Cc1c(Br)cc(C(=O)O)c2c1OCC2. The zero-order chi connectivity index (χ0) is 10.3. The van der Waals surface area contributed by atoms with Gasteiger partial charge in [-0.05, 0) is 13.0 Å². The number of carboxylic acids is 1. The molecule has 0 aliphatic carbocycles. The minimum Gasteiger partial charge on any atom is -0.493 e. The molecule has 3 nitrogen and oxygen atoms in total. The lowest BCUT2D eigenvalue weighted by Crippen LogP contribution is -2.01. The lowest BCUT2D eigenvalue weighted by molar-refractivity contribution is 0.0696. The molecule has 0 unspecified atom stereocenters. The van der Waals surface area contributed by atoms with Crippen molar-refractivity contribution in [3.63, 3.8) is 0 Å². The minimum absolute atomic E-state index is 0.343. The summed E-state index contributed by atoms with van der Waals surface area (Å²) in [7, 11) is 0. The van der Waals surface area contributed by atoms with Gasteiger partial charge in [0.25, 0.3) is 0 Å². The number of hydrogen-bond donors (Lipinski definition) is 1. The Morgan fingerprint density at radius 2 is 2.36 bits per heavy atom. The topological polar surface area (TPSA) is 46.5 Å². The fraction of sp³-hybridized carbons (Fsp3) is 0.300. The van der Waals surface area contributed by atoms with Crippen LogP contribution in [-0.4, -0.2) is 17.7 Å². The molecule has 1 aliphatic heterocycles. The average Bonchev–Trinajstić information content (AvgIpc) is 2.59. The number of halogens is 1. The number of benzene rings is 1. The summed E-state index contributed by atoms with van der Waals surface area (Å²) in [6.07, 6.45) is 0.686. The molecule has 14 heavy (non-hydrogen) atoms. The molecule has 0 amide bonds. The highest BCUT2D eigenvalue weighted by atomic mass is 79.9. The van der Waals surface area contributed by atoms with E-state index in [1.54, 1.807) is 6.07 Å². The van der Waals surface area contributed by atoms with Crippen LogP contribution in [0.3, 0.4) is 0 Å². The van der Waals surface area contributed by atoms with Crippen LogP contribution in [0.1, 0.15) is 21.5 Å². The van der Waals surface area contributed by atoms with Gasteiger partial charge in [-0.2, -0.15) is 0 Å². The molecule has 1 aromatic carbocycles. The van der Waals surface area contributed by atoms with Crippen molar-refractivity contribution in [3.8, 4) is 5.75 Å². The molecule has 0 radical (unpaired) electrons. The van der Waals surface area contributed by atoms with Crippen LogP contribution in [0.25, 0.3) is 0 Å². The van der Waals surface area contributed by atoms with Crippen molar-refractivity contribution in [3.05, 3.63) is 27.2 Å². The van der Waals surface area contributed by atoms with E-state index in [4.69, 9.17) is 9.84 Å². The van der Waals surface area contributed by atoms with Gasteiger partial charge in [-0.15, -0.1) is 0 Å². The van der Waals surface area contributed by atoms with Crippen LogP contribution < -0.4 is 4.74 Å². The zero-order valence-corrected chi connectivity index (χ0v) is 9.22. The van der Waals surface area contributed by atoms with Crippen molar-refractivity contribution in [2.24, 2.45) is 0 Å². The quantitative estimate of drug-likeness (QED) is 0.840. The summed E-state index contributed by atoms with van der Waals surface area (Å²) in [5, 5.41) is 8.99. The van der Waals surface area contributed by atoms with Crippen LogP contribution in [0.4, 0.5) is 0 Å². The van der Waals surface area contributed by atoms with Crippen molar-refractivity contribution in [1.82, 2.24) is 0 Å². The van der Waals surface area contributed by atoms with E-state index in [0.717, 1.165) is 21.3 Å². The standard InChI is InChI=1S/C10H9BrO3/c1-5-8(11)4-7(10(12)13)6-2-3-14-9(5)6/h4H,2-3H2,1H3,(H,12,13). The fourth-order valence-electron chi connectivity index (χ4n) is 1.67. The first-order valence-corrected chi connectivity index (χ1v) is 5.08. The van der Waals surface area contributed by atoms with Crippen LogP contribution in [0, 0.1) is 6.92 Å². The monoisotopic (exact) mass is 256 g/mol. The second-order valence-electron chi connectivity index (χ2n) is 3.24. The molecule has 0 atom stereocenters. The molecule has 4 heteroatoms. The molecule has 0 fully saturated rings. The molecule has 74 valence electrons. The van der Waals surface area contributed by atoms with E-state index in [0.29, 0.717) is 18.6 Å². The van der Waals surface area contributed by atoms with Gasteiger partial charge in [-0.3, -0.25) is 0 Å². The number of carboxylic acid groups (broad SMARTS) is 1. The third-order valence-corrected chi connectivity index (χ3v) is 3.22. The summed E-state index contributed by atoms with van der Waals surface area (Å²) >= 11 is 3.32. The molecule has 1 aliphatic rings. The van der Waals surface area contributed by atoms with Gasteiger partial charge in [0.05, 0.1) is 12.2 Å². The molecule has 2 rings (SSSR count). The van der Waals surface area contributed by atoms with Crippen molar-refractivity contribution < 1.29 is 14.6 Å². The lowest BCUT2D eigenvalue weighted by atomic mass is 10.0. The van der Waals surface area contributed by atoms with E-state index in [9.17, 15) is 4.79 Å². The molecule has 0 saturated heterocycles. The normalized spacial score (nSPS) is 13.6. The Balaban J connectivity index is 2.70. The number of aromatic carboxylic acids is 1.